The molecule has 0 radical (unpaired) electrons. The van der Waals surface area contributed by atoms with Crippen LogP contribution in [0, 0.1) is 0 Å². The molecule has 2 atom stereocenters. The average molecular weight is 157 g/mol. The molecule has 0 unspecified atom stereocenters. The van der Waals surface area contributed by atoms with Crippen molar-refractivity contribution < 1.29 is 5.11 Å². The Labute approximate surface area is 69.2 Å². The van der Waals surface area contributed by atoms with Crippen LogP contribution in [0.15, 0.2) is 0 Å². The molecule has 1 aliphatic rings. The van der Waals surface area contributed by atoms with Crippen LogP contribution in [0.1, 0.15) is 34.1 Å². The maximum Gasteiger partial charge on any atom is 0.0682 e. The van der Waals surface area contributed by atoms with Crippen molar-refractivity contribution in [3.05, 3.63) is 0 Å². The van der Waals surface area contributed by atoms with Gasteiger partial charge in [-0.1, -0.05) is 0 Å². The average Bonchev–Trinajstić information content (AvgIpc) is 2.08. The molecule has 0 spiro atoms. The van der Waals surface area contributed by atoms with E-state index in [4.69, 9.17) is 0 Å². The summed E-state index contributed by atoms with van der Waals surface area (Å²) in [6, 6.07) is 0.532. The Morgan fingerprint density at radius 2 is 1.91 bits per heavy atom. The van der Waals surface area contributed by atoms with E-state index in [9.17, 15) is 5.11 Å². The van der Waals surface area contributed by atoms with Gasteiger partial charge >= 0.3 is 0 Å². The number of likely N-dealkylation sites (tertiary alicyclic amines) is 1. The number of β-amino-alcohol motifs (C(OH)–C–C–N with tert-alkyl or cyclic N) is 1. The topological polar surface area (TPSA) is 23.5 Å². The molecule has 2 heteroatoms. The van der Waals surface area contributed by atoms with Gasteiger partial charge in [0.25, 0.3) is 0 Å². The summed E-state index contributed by atoms with van der Waals surface area (Å²) in [5.41, 5.74) is 0.205. The van der Waals surface area contributed by atoms with Crippen molar-refractivity contribution in [2.45, 2.75) is 51.8 Å². The van der Waals surface area contributed by atoms with E-state index in [-0.39, 0.29) is 11.6 Å². The van der Waals surface area contributed by atoms with Gasteiger partial charge in [-0.3, -0.25) is 4.90 Å². The molecule has 1 aliphatic heterocycles. The maximum absolute atomic E-state index is 9.39. The van der Waals surface area contributed by atoms with Gasteiger partial charge in [0.05, 0.1) is 6.10 Å². The standard InChI is InChI=1S/C9H19NO/c1-7-5-8(11)6-10(7)9(2,3)4/h7-8,11H,5-6H2,1-4H3/t7-,8+/m0/s1. The minimum absolute atomic E-state index is 0.107. The van der Waals surface area contributed by atoms with E-state index >= 15 is 0 Å². The molecule has 0 aromatic heterocycles. The van der Waals surface area contributed by atoms with Crippen LogP contribution >= 0.6 is 0 Å². The zero-order chi connectivity index (χ0) is 8.65. The van der Waals surface area contributed by atoms with Gasteiger partial charge in [-0.15, -0.1) is 0 Å². The third kappa shape index (κ3) is 1.94. The Kier molecular flexibility index (Phi) is 2.26. The molecule has 1 heterocycles. The lowest BCUT2D eigenvalue weighted by Crippen LogP contribution is -2.43. The summed E-state index contributed by atoms with van der Waals surface area (Å²) in [5, 5.41) is 9.39. The summed E-state index contributed by atoms with van der Waals surface area (Å²) >= 11 is 0. The number of nitrogens with zero attached hydrogens (tertiary/aromatic N) is 1. The van der Waals surface area contributed by atoms with E-state index in [1.807, 2.05) is 0 Å². The highest BCUT2D eigenvalue weighted by molar-refractivity contribution is 4.89. The summed E-state index contributed by atoms with van der Waals surface area (Å²) < 4.78 is 0. The summed E-state index contributed by atoms with van der Waals surface area (Å²) in [7, 11) is 0. The van der Waals surface area contributed by atoms with Gasteiger partial charge in [-0.2, -0.15) is 0 Å². The normalized spacial score (nSPS) is 34.6. The lowest BCUT2D eigenvalue weighted by molar-refractivity contribution is 0.109. The Morgan fingerprint density at radius 3 is 2.09 bits per heavy atom. The van der Waals surface area contributed by atoms with Crippen LogP contribution in [0.2, 0.25) is 0 Å². The first-order chi connectivity index (χ1) is 4.91. The third-order valence-electron chi connectivity index (χ3n) is 2.41. The Hall–Kier alpha value is -0.0800. The molecule has 1 N–H and O–H groups in total. The summed E-state index contributed by atoms with van der Waals surface area (Å²) in [6.45, 7) is 9.61. The molecule has 0 aromatic rings. The fourth-order valence-electron chi connectivity index (χ4n) is 1.94. The van der Waals surface area contributed by atoms with Crippen LogP contribution in [-0.2, 0) is 0 Å². The molecule has 11 heavy (non-hydrogen) atoms. The van der Waals surface area contributed by atoms with E-state index in [0.29, 0.717) is 6.04 Å². The molecule has 1 rings (SSSR count). The zero-order valence-corrected chi connectivity index (χ0v) is 7.96. The quantitative estimate of drug-likeness (QED) is 0.572. The van der Waals surface area contributed by atoms with E-state index in [0.717, 1.165) is 13.0 Å². The van der Waals surface area contributed by atoms with Crippen LogP contribution in [0.3, 0.4) is 0 Å². The van der Waals surface area contributed by atoms with Gasteiger partial charge in [0.2, 0.25) is 0 Å². The molecule has 1 saturated heterocycles. The number of hydrogen-bond donors (Lipinski definition) is 1. The fraction of sp³-hybridized carbons (Fsp3) is 1.00. The summed E-state index contributed by atoms with van der Waals surface area (Å²) in [6.07, 6.45) is 0.821. The lowest BCUT2D eigenvalue weighted by atomic mass is 10.1. The van der Waals surface area contributed by atoms with Crippen molar-refractivity contribution in [2.24, 2.45) is 0 Å². The minimum Gasteiger partial charge on any atom is -0.392 e. The molecule has 1 fully saturated rings. The molecular weight excluding hydrogens is 138 g/mol. The number of rotatable bonds is 0. The Morgan fingerprint density at radius 1 is 1.36 bits per heavy atom. The highest BCUT2D eigenvalue weighted by Crippen LogP contribution is 2.25. The van der Waals surface area contributed by atoms with Gasteiger partial charge in [-0.25, -0.2) is 0 Å². The molecule has 0 amide bonds. The van der Waals surface area contributed by atoms with Crippen molar-refractivity contribution >= 4 is 0 Å². The molecule has 0 aromatic carbocycles. The van der Waals surface area contributed by atoms with Crippen LogP contribution in [0.25, 0.3) is 0 Å². The van der Waals surface area contributed by atoms with Gasteiger partial charge in [0.15, 0.2) is 0 Å². The van der Waals surface area contributed by atoms with Crippen molar-refractivity contribution in [2.75, 3.05) is 6.54 Å². The molecule has 0 aliphatic carbocycles. The minimum atomic E-state index is -0.107. The van der Waals surface area contributed by atoms with Crippen molar-refractivity contribution in [1.29, 1.82) is 0 Å². The first-order valence-corrected chi connectivity index (χ1v) is 4.36. The van der Waals surface area contributed by atoms with Gasteiger partial charge in [0, 0.05) is 18.1 Å². The third-order valence-corrected chi connectivity index (χ3v) is 2.41. The lowest BCUT2D eigenvalue weighted by Gasteiger charge is -2.35. The first kappa shape index (κ1) is 9.01. The van der Waals surface area contributed by atoms with E-state index in [2.05, 4.69) is 32.6 Å². The van der Waals surface area contributed by atoms with Crippen LogP contribution in [-0.4, -0.2) is 34.2 Å². The Balaban J connectivity index is 2.60. The van der Waals surface area contributed by atoms with E-state index in [1.165, 1.54) is 0 Å². The highest BCUT2D eigenvalue weighted by atomic mass is 16.3. The molecule has 2 nitrogen and oxygen atoms in total. The zero-order valence-electron chi connectivity index (χ0n) is 7.96. The molecular formula is C9H19NO. The van der Waals surface area contributed by atoms with Crippen LogP contribution in [0.4, 0.5) is 0 Å². The van der Waals surface area contributed by atoms with E-state index < -0.39 is 0 Å². The molecule has 0 saturated carbocycles. The highest BCUT2D eigenvalue weighted by Gasteiger charge is 2.34. The van der Waals surface area contributed by atoms with Crippen LogP contribution in [0.5, 0.6) is 0 Å². The summed E-state index contributed by atoms with van der Waals surface area (Å²) in [5.74, 6) is 0. The second kappa shape index (κ2) is 2.76. The van der Waals surface area contributed by atoms with Gasteiger partial charge in [0.1, 0.15) is 0 Å². The Bertz CT molecular complexity index is 139. The number of aliphatic hydroxyl groups excluding tert-OH is 1. The second-order valence-corrected chi connectivity index (χ2v) is 4.56. The predicted molar refractivity (Wildman–Crippen MR) is 46.5 cm³/mol. The maximum atomic E-state index is 9.39. The van der Waals surface area contributed by atoms with Crippen molar-refractivity contribution in [3.8, 4) is 0 Å². The SMILES string of the molecule is C[C@H]1C[C@@H](O)CN1C(C)(C)C. The fourth-order valence-corrected chi connectivity index (χ4v) is 1.94. The first-order valence-electron chi connectivity index (χ1n) is 4.36. The smallest absolute Gasteiger partial charge is 0.0682 e. The second-order valence-electron chi connectivity index (χ2n) is 4.56. The van der Waals surface area contributed by atoms with Gasteiger partial charge in [-0.05, 0) is 34.1 Å². The van der Waals surface area contributed by atoms with Crippen LogP contribution < -0.4 is 0 Å². The largest absolute Gasteiger partial charge is 0.392 e. The number of aliphatic hydroxyl groups is 1. The summed E-state index contributed by atoms with van der Waals surface area (Å²) in [4.78, 5) is 2.36. The monoisotopic (exact) mass is 157 g/mol. The molecule has 0 bridgehead atoms. The number of hydrogen-bond acceptors (Lipinski definition) is 2. The van der Waals surface area contributed by atoms with Crippen molar-refractivity contribution in [3.63, 3.8) is 0 Å². The predicted octanol–water partition coefficient (Wildman–Crippen LogP) is 1.24. The van der Waals surface area contributed by atoms with Crippen molar-refractivity contribution in [1.82, 2.24) is 4.90 Å². The van der Waals surface area contributed by atoms with E-state index in [1.54, 1.807) is 0 Å². The van der Waals surface area contributed by atoms with Gasteiger partial charge < -0.3 is 5.11 Å². The molecule has 66 valence electrons.